The lowest BCUT2D eigenvalue weighted by Gasteiger charge is -2.20. The van der Waals surface area contributed by atoms with Crippen molar-refractivity contribution < 1.29 is 9.53 Å². The van der Waals surface area contributed by atoms with Gasteiger partial charge in [-0.2, -0.15) is 0 Å². The van der Waals surface area contributed by atoms with Gasteiger partial charge in [0.2, 0.25) is 0 Å². The molecule has 0 spiro atoms. The minimum atomic E-state index is -0.114. The van der Waals surface area contributed by atoms with Crippen LogP contribution in [0.1, 0.15) is 17.3 Å². The molecule has 0 aliphatic rings. The van der Waals surface area contributed by atoms with Crippen LogP contribution in [-0.4, -0.2) is 42.5 Å². The molecule has 0 radical (unpaired) electrons. The van der Waals surface area contributed by atoms with Crippen molar-refractivity contribution in [3.05, 3.63) is 24.0 Å². The average Bonchev–Trinajstić information content (AvgIpc) is 2.27. The molecule has 0 aromatic carbocycles. The van der Waals surface area contributed by atoms with E-state index in [9.17, 15) is 4.79 Å². The van der Waals surface area contributed by atoms with E-state index in [1.807, 2.05) is 6.92 Å². The van der Waals surface area contributed by atoms with Crippen molar-refractivity contribution in [2.45, 2.75) is 13.0 Å². The van der Waals surface area contributed by atoms with E-state index >= 15 is 0 Å². The topological polar surface area (TPSA) is 68.5 Å². The summed E-state index contributed by atoms with van der Waals surface area (Å²) in [4.78, 5) is 17.5. The number of aromatic nitrogens is 1. The maximum atomic E-state index is 12.0. The zero-order valence-electron chi connectivity index (χ0n) is 9.80. The summed E-state index contributed by atoms with van der Waals surface area (Å²) in [5.41, 5.74) is 6.14. The lowest BCUT2D eigenvalue weighted by molar-refractivity contribution is 0.0785. The Morgan fingerprint density at radius 2 is 2.38 bits per heavy atom. The standard InChI is InChI=1S/C11H17N3O2/c1-8(12)7-14(2)11(15)9-4-5-13-6-10(9)16-3/h4-6,8H,7,12H2,1-3H3. The molecule has 1 heterocycles. The SMILES string of the molecule is COc1cnccc1C(=O)N(C)CC(C)N. The Balaban J connectivity index is 2.87. The van der Waals surface area contributed by atoms with E-state index in [1.54, 1.807) is 24.2 Å². The predicted molar refractivity (Wildman–Crippen MR) is 61.4 cm³/mol. The van der Waals surface area contributed by atoms with Crippen molar-refractivity contribution >= 4 is 5.91 Å². The number of hydrogen-bond donors (Lipinski definition) is 1. The maximum Gasteiger partial charge on any atom is 0.257 e. The summed E-state index contributed by atoms with van der Waals surface area (Å²) in [6.45, 7) is 2.36. The smallest absolute Gasteiger partial charge is 0.257 e. The molecule has 88 valence electrons. The summed E-state index contributed by atoms with van der Waals surface area (Å²) in [5, 5.41) is 0. The Morgan fingerprint density at radius 1 is 1.69 bits per heavy atom. The van der Waals surface area contributed by atoms with Gasteiger partial charge in [0.15, 0.2) is 0 Å². The number of nitrogens with zero attached hydrogens (tertiary/aromatic N) is 2. The molecule has 0 aliphatic carbocycles. The summed E-state index contributed by atoms with van der Waals surface area (Å²) in [6, 6.07) is 1.58. The molecule has 0 saturated carbocycles. The minimum absolute atomic E-state index is 0.0539. The molecule has 0 aliphatic heterocycles. The number of likely N-dealkylation sites (N-methyl/N-ethyl adjacent to an activating group) is 1. The molecular formula is C11H17N3O2. The highest BCUT2D eigenvalue weighted by molar-refractivity contribution is 5.96. The van der Waals surface area contributed by atoms with Crippen LogP contribution >= 0.6 is 0 Å². The molecule has 2 N–H and O–H groups in total. The van der Waals surface area contributed by atoms with Gasteiger partial charge >= 0.3 is 0 Å². The Labute approximate surface area is 95.2 Å². The summed E-state index contributed by atoms with van der Waals surface area (Å²) in [7, 11) is 3.23. The molecule has 0 saturated heterocycles. The van der Waals surface area contributed by atoms with Gasteiger partial charge in [0.1, 0.15) is 5.75 Å². The Bertz CT molecular complexity index is 366. The first-order valence-corrected chi connectivity index (χ1v) is 5.05. The fraction of sp³-hybridized carbons (Fsp3) is 0.455. The quantitative estimate of drug-likeness (QED) is 0.807. The van der Waals surface area contributed by atoms with Crippen LogP contribution in [0.2, 0.25) is 0 Å². The zero-order valence-corrected chi connectivity index (χ0v) is 9.80. The average molecular weight is 223 g/mol. The second kappa shape index (κ2) is 5.46. The molecule has 16 heavy (non-hydrogen) atoms. The number of hydrogen-bond acceptors (Lipinski definition) is 4. The second-order valence-electron chi connectivity index (χ2n) is 3.74. The van der Waals surface area contributed by atoms with E-state index in [4.69, 9.17) is 10.5 Å². The number of amides is 1. The molecule has 1 amide bonds. The van der Waals surface area contributed by atoms with E-state index in [-0.39, 0.29) is 11.9 Å². The number of pyridine rings is 1. The van der Waals surface area contributed by atoms with Crippen LogP contribution in [0.4, 0.5) is 0 Å². The lowest BCUT2D eigenvalue weighted by atomic mass is 10.2. The lowest BCUT2D eigenvalue weighted by Crippen LogP contribution is -2.37. The monoisotopic (exact) mass is 223 g/mol. The van der Waals surface area contributed by atoms with Gasteiger partial charge in [-0.3, -0.25) is 9.78 Å². The first-order chi connectivity index (χ1) is 7.56. The fourth-order valence-corrected chi connectivity index (χ4v) is 1.44. The Kier molecular flexibility index (Phi) is 4.25. The van der Waals surface area contributed by atoms with Crippen LogP contribution in [0, 0.1) is 0 Å². The third kappa shape index (κ3) is 2.93. The highest BCUT2D eigenvalue weighted by atomic mass is 16.5. The van der Waals surface area contributed by atoms with Gasteiger partial charge < -0.3 is 15.4 Å². The van der Waals surface area contributed by atoms with Crippen molar-refractivity contribution in [2.75, 3.05) is 20.7 Å². The van der Waals surface area contributed by atoms with Gasteiger partial charge in [0.05, 0.1) is 18.9 Å². The largest absolute Gasteiger partial charge is 0.494 e. The molecule has 1 rings (SSSR count). The first kappa shape index (κ1) is 12.4. The molecule has 0 bridgehead atoms. The number of methoxy groups -OCH3 is 1. The van der Waals surface area contributed by atoms with Gasteiger partial charge in [-0.25, -0.2) is 0 Å². The number of nitrogens with two attached hydrogens (primary N) is 1. The van der Waals surface area contributed by atoms with Crippen molar-refractivity contribution in [1.82, 2.24) is 9.88 Å². The summed E-state index contributed by atoms with van der Waals surface area (Å²) < 4.78 is 5.08. The van der Waals surface area contributed by atoms with Gasteiger partial charge in [0, 0.05) is 25.8 Å². The minimum Gasteiger partial charge on any atom is -0.494 e. The van der Waals surface area contributed by atoms with Crippen LogP contribution in [0.25, 0.3) is 0 Å². The number of rotatable bonds is 4. The zero-order chi connectivity index (χ0) is 12.1. The van der Waals surface area contributed by atoms with E-state index in [0.29, 0.717) is 17.9 Å². The van der Waals surface area contributed by atoms with Gasteiger partial charge in [-0.05, 0) is 13.0 Å². The van der Waals surface area contributed by atoms with Crippen LogP contribution in [0.5, 0.6) is 5.75 Å². The van der Waals surface area contributed by atoms with Gasteiger partial charge in [-0.1, -0.05) is 0 Å². The summed E-state index contributed by atoms with van der Waals surface area (Å²) >= 11 is 0. The van der Waals surface area contributed by atoms with E-state index in [0.717, 1.165) is 0 Å². The van der Waals surface area contributed by atoms with E-state index in [1.165, 1.54) is 13.3 Å². The van der Waals surface area contributed by atoms with E-state index < -0.39 is 0 Å². The highest BCUT2D eigenvalue weighted by Gasteiger charge is 2.16. The number of carbonyl (C=O) groups excluding carboxylic acids is 1. The molecule has 1 aromatic heterocycles. The molecule has 1 aromatic rings. The molecular weight excluding hydrogens is 206 g/mol. The highest BCUT2D eigenvalue weighted by Crippen LogP contribution is 2.17. The third-order valence-electron chi connectivity index (χ3n) is 2.14. The molecule has 5 heteroatoms. The second-order valence-corrected chi connectivity index (χ2v) is 3.74. The van der Waals surface area contributed by atoms with Crippen molar-refractivity contribution in [1.29, 1.82) is 0 Å². The summed E-state index contributed by atoms with van der Waals surface area (Å²) in [6.07, 6.45) is 3.09. The Hall–Kier alpha value is -1.62. The normalized spacial score (nSPS) is 12.0. The van der Waals surface area contributed by atoms with Crippen LogP contribution in [0.15, 0.2) is 18.5 Å². The van der Waals surface area contributed by atoms with Crippen molar-refractivity contribution in [3.8, 4) is 5.75 Å². The third-order valence-corrected chi connectivity index (χ3v) is 2.14. The first-order valence-electron chi connectivity index (χ1n) is 5.05. The maximum absolute atomic E-state index is 12.0. The van der Waals surface area contributed by atoms with Gasteiger partial charge in [-0.15, -0.1) is 0 Å². The summed E-state index contributed by atoms with van der Waals surface area (Å²) in [5.74, 6) is 0.362. The van der Waals surface area contributed by atoms with Gasteiger partial charge in [0.25, 0.3) is 5.91 Å². The fourth-order valence-electron chi connectivity index (χ4n) is 1.44. The number of ether oxygens (including phenoxy) is 1. The molecule has 1 atom stereocenters. The van der Waals surface area contributed by atoms with Crippen molar-refractivity contribution in [2.24, 2.45) is 5.73 Å². The Morgan fingerprint density at radius 3 is 2.94 bits per heavy atom. The van der Waals surface area contributed by atoms with Crippen LogP contribution in [0.3, 0.4) is 0 Å². The predicted octanol–water partition coefficient (Wildman–Crippen LogP) is 0.509. The van der Waals surface area contributed by atoms with Crippen LogP contribution < -0.4 is 10.5 Å². The van der Waals surface area contributed by atoms with Crippen molar-refractivity contribution in [3.63, 3.8) is 0 Å². The molecule has 1 unspecified atom stereocenters. The van der Waals surface area contributed by atoms with Crippen LogP contribution in [-0.2, 0) is 0 Å². The number of carbonyl (C=O) groups is 1. The van der Waals surface area contributed by atoms with E-state index in [2.05, 4.69) is 4.98 Å². The molecule has 5 nitrogen and oxygen atoms in total. The molecule has 0 fully saturated rings.